The van der Waals surface area contributed by atoms with E-state index in [0.29, 0.717) is 0 Å². The van der Waals surface area contributed by atoms with E-state index in [0.717, 1.165) is 17.7 Å². The van der Waals surface area contributed by atoms with Gasteiger partial charge in [-0.1, -0.05) is 12.1 Å². The zero-order valence-electron chi connectivity index (χ0n) is 6.92. The van der Waals surface area contributed by atoms with Gasteiger partial charge in [0, 0.05) is 5.30 Å². The zero-order valence-corrected chi connectivity index (χ0v) is 8.08. The molecule has 0 aliphatic carbocycles. The molecule has 2 heteroatoms. The molecule has 0 amide bonds. The van der Waals surface area contributed by atoms with Gasteiger partial charge in [-0.25, -0.2) is 0 Å². The second-order valence-corrected chi connectivity index (χ2v) is 3.10. The molecule has 0 fully saturated rings. The molecular formula is C9H13OP. The highest BCUT2D eigenvalue weighted by Gasteiger charge is 1.96. The van der Waals surface area contributed by atoms with Gasteiger partial charge < -0.3 is 4.74 Å². The highest BCUT2D eigenvalue weighted by atomic mass is 31.0. The fourth-order valence-electron chi connectivity index (χ4n) is 0.922. The highest BCUT2D eigenvalue weighted by molar-refractivity contribution is 7.27. The zero-order chi connectivity index (χ0) is 8.27. The lowest BCUT2D eigenvalue weighted by atomic mass is 10.2. The first-order valence-electron chi connectivity index (χ1n) is 3.73. The van der Waals surface area contributed by atoms with E-state index in [-0.39, 0.29) is 0 Å². The molecule has 1 nitrogen and oxygen atoms in total. The lowest BCUT2D eigenvalue weighted by molar-refractivity contribution is 0.343. The van der Waals surface area contributed by atoms with Crippen LogP contribution in [-0.2, 0) is 0 Å². The Bertz CT molecular complexity index is 245. The second-order valence-electron chi connectivity index (χ2n) is 2.47. The van der Waals surface area contributed by atoms with Crippen LogP contribution in [0.3, 0.4) is 0 Å². The Morgan fingerprint density at radius 1 is 1.45 bits per heavy atom. The minimum atomic E-state index is 0.727. The maximum absolute atomic E-state index is 5.40. The van der Waals surface area contributed by atoms with Crippen molar-refractivity contribution in [2.45, 2.75) is 13.8 Å². The van der Waals surface area contributed by atoms with Crippen LogP contribution in [0.25, 0.3) is 0 Å². The summed E-state index contributed by atoms with van der Waals surface area (Å²) in [4.78, 5) is 0. The molecule has 60 valence electrons. The van der Waals surface area contributed by atoms with Crippen molar-refractivity contribution >= 4 is 14.5 Å². The molecule has 1 rings (SSSR count). The standard InChI is InChI=1S/C9H13OP/c1-3-10-8-6-7(2)4-5-9(8)11/h4-6H,3,11H2,1-2H3. The molecule has 0 heterocycles. The molecule has 1 aromatic carbocycles. The molecule has 0 N–H and O–H groups in total. The number of benzene rings is 1. The molecule has 0 saturated carbocycles. The van der Waals surface area contributed by atoms with Crippen molar-refractivity contribution in [2.75, 3.05) is 6.61 Å². The van der Waals surface area contributed by atoms with Gasteiger partial charge in [0.1, 0.15) is 5.75 Å². The molecule has 1 atom stereocenters. The molecule has 0 aliphatic heterocycles. The van der Waals surface area contributed by atoms with E-state index >= 15 is 0 Å². The van der Waals surface area contributed by atoms with E-state index in [9.17, 15) is 0 Å². The van der Waals surface area contributed by atoms with Crippen molar-refractivity contribution in [2.24, 2.45) is 0 Å². The van der Waals surface area contributed by atoms with Gasteiger partial charge in [0.15, 0.2) is 0 Å². The highest BCUT2D eigenvalue weighted by Crippen LogP contribution is 2.12. The van der Waals surface area contributed by atoms with Gasteiger partial charge in [0.05, 0.1) is 6.61 Å². The van der Waals surface area contributed by atoms with E-state index in [2.05, 4.69) is 22.2 Å². The molecule has 0 bridgehead atoms. The summed E-state index contributed by atoms with van der Waals surface area (Å²) < 4.78 is 5.40. The number of hydrogen-bond donors (Lipinski definition) is 0. The Morgan fingerprint density at radius 2 is 2.18 bits per heavy atom. The number of rotatable bonds is 2. The lowest BCUT2D eigenvalue weighted by Crippen LogP contribution is -2.01. The van der Waals surface area contributed by atoms with E-state index in [1.165, 1.54) is 5.56 Å². The van der Waals surface area contributed by atoms with Gasteiger partial charge >= 0.3 is 0 Å². The first kappa shape index (κ1) is 8.55. The molecule has 1 unspecified atom stereocenters. The van der Waals surface area contributed by atoms with Crippen LogP contribution in [0.4, 0.5) is 0 Å². The van der Waals surface area contributed by atoms with Gasteiger partial charge in [-0.3, -0.25) is 0 Å². The normalized spacial score (nSPS) is 9.73. The van der Waals surface area contributed by atoms with Crippen molar-refractivity contribution in [3.05, 3.63) is 23.8 Å². The first-order chi connectivity index (χ1) is 5.24. The minimum Gasteiger partial charge on any atom is -0.493 e. The first-order valence-corrected chi connectivity index (χ1v) is 4.30. The molecule has 1 aromatic rings. The molecule has 0 aromatic heterocycles. The van der Waals surface area contributed by atoms with Crippen LogP contribution in [0.15, 0.2) is 18.2 Å². The van der Waals surface area contributed by atoms with Gasteiger partial charge in [-0.15, -0.1) is 9.24 Å². The summed E-state index contributed by atoms with van der Waals surface area (Å²) in [6.07, 6.45) is 0. The lowest BCUT2D eigenvalue weighted by Gasteiger charge is -2.06. The Balaban J connectivity index is 2.93. The predicted molar refractivity (Wildman–Crippen MR) is 51.7 cm³/mol. The average molecular weight is 168 g/mol. The van der Waals surface area contributed by atoms with Crippen LogP contribution in [0.5, 0.6) is 5.75 Å². The van der Waals surface area contributed by atoms with Crippen LogP contribution in [0, 0.1) is 6.92 Å². The van der Waals surface area contributed by atoms with Gasteiger partial charge in [-0.2, -0.15) is 0 Å². The maximum atomic E-state index is 5.40. The van der Waals surface area contributed by atoms with Crippen molar-refractivity contribution in [3.63, 3.8) is 0 Å². The summed E-state index contributed by atoms with van der Waals surface area (Å²) in [5.74, 6) is 0.970. The Hall–Kier alpha value is -0.550. The smallest absolute Gasteiger partial charge is 0.126 e. The second kappa shape index (κ2) is 3.73. The van der Waals surface area contributed by atoms with E-state index in [1.807, 2.05) is 19.1 Å². The van der Waals surface area contributed by atoms with Crippen LogP contribution >= 0.6 is 9.24 Å². The Morgan fingerprint density at radius 3 is 2.82 bits per heavy atom. The summed E-state index contributed by atoms with van der Waals surface area (Å²) in [6.45, 7) is 4.78. The summed E-state index contributed by atoms with van der Waals surface area (Å²) in [7, 11) is 2.66. The van der Waals surface area contributed by atoms with E-state index in [4.69, 9.17) is 4.74 Å². The fraction of sp³-hybridized carbons (Fsp3) is 0.333. The molecule has 0 saturated heterocycles. The van der Waals surface area contributed by atoms with Crippen LogP contribution < -0.4 is 10.0 Å². The van der Waals surface area contributed by atoms with Crippen molar-refractivity contribution in [3.8, 4) is 5.75 Å². The Kier molecular flexibility index (Phi) is 2.90. The SMILES string of the molecule is CCOc1cc(C)ccc1P. The maximum Gasteiger partial charge on any atom is 0.126 e. The van der Waals surface area contributed by atoms with E-state index < -0.39 is 0 Å². The largest absolute Gasteiger partial charge is 0.493 e. The fourth-order valence-corrected chi connectivity index (χ4v) is 1.18. The monoisotopic (exact) mass is 168 g/mol. The van der Waals surface area contributed by atoms with Crippen LogP contribution in [0.1, 0.15) is 12.5 Å². The predicted octanol–water partition coefficient (Wildman–Crippen LogP) is 1.89. The molecular weight excluding hydrogens is 155 g/mol. The topological polar surface area (TPSA) is 9.23 Å². The van der Waals surface area contributed by atoms with Crippen molar-refractivity contribution in [1.82, 2.24) is 0 Å². The average Bonchev–Trinajstić information content (AvgIpc) is 1.98. The summed E-state index contributed by atoms with van der Waals surface area (Å²) >= 11 is 0. The third kappa shape index (κ3) is 2.20. The summed E-state index contributed by atoms with van der Waals surface area (Å²) in [6, 6.07) is 6.17. The molecule has 0 aliphatic rings. The molecule has 11 heavy (non-hydrogen) atoms. The van der Waals surface area contributed by atoms with Crippen molar-refractivity contribution in [1.29, 1.82) is 0 Å². The van der Waals surface area contributed by atoms with Gasteiger partial charge in [0.2, 0.25) is 0 Å². The summed E-state index contributed by atoms with van der Waals surface area (Å²) in [5.41, 5.74) is 1.24. The van der Waals surface area contributed by atoms with Gasteiger partial charge in [-0.05, 0) is 25.5 Å². The molecule has 0 spiro atoms. The van der Waals surface area contributed by atoms with Gasteiger partial charge in [0.25, 0.3) is 0 Å². The third-order valence-electron chi connectivity index (χ3n) is 1.47. The third-order valence-corrected chi connectivity index (χ3v) is 1.95. The van der Waals surface area contributed by atoms with Crippen molar-refractivity contribution < 1.29 is 4.74 Å². The van der Waals surface area contributed by atoms with Crippen LogP contribution in [-0.4, -0.2) is 6.61 Å². The number of aryl methyl sites for hydroxylation is 1. The minimum absolute atomic E-state index is 0.727. The van der Waals surface area contributed by atoms with Crippen LogP contribution in [0.2, 0.25) is 0 Å². The quantitative estimate of drug-likeness (QED) is 0.613. The van der Waals surface area contributed by atoms with E-state index in [1.54, 1.807) is 0 Å². The number of hydrogen-bond acceptors (Lipinski definition) is 1. The Labute approximate surface area is 70.0 Å². The summed E-state index contributed by atoms with van der Waals surface area (Å²) in [5, 5.41) is 1.12. The number of ether oxygens (including phenoxy) is 1. The molecule has 0 radical (unpaired) electrons.